The summed E-state index contributed by atoms with van der Waals surface area (Å²) in [4.78, 5) is 11.4. The monoisotopic (exact) mass is 278 g/mol. The summed E-state index contributed by atoms with van der Waals surface area (Å²) >= 11 is 7.86. The zero-order valence-corrected chi connectivity index (χ0v) is 11.9. The van der Waals surface area contributed by atoms with E-state index in [1.165, 1.54) is 30.6 Å². The maximum absolute atomic E-state index is 6.14. The standard InChI is InChI=1S/C14H15ClN2S/c1-9-6-7-12(18-9)14-16-11(8-13(15)17-14)10-4-2-3-5-10/h6-8,10H,2-5H2,1H3. The van der Waals surface area contributed by atoms with Crippen LogP contribution in [0.5, 0.6) is 0 Å². The SMILES string of the molecule is Cc1ccc(-c2nc(Cl)cc(C3CCCC3)n2)s1. The maximum Gasteiger partial charge on any atom is 0.171 e. The summed E-state index contributed by atoms with van der Waals surface area (Å²) in [6.07, 6.45) is 5.08. The molecule has 0 aromatic carbocycles. The van der Waals surface area contributed by atoms with Crippen molar-refractivity contribution >= 4 is 22.9 Å². The first-order chi connectivity index (χ1) is 8.72. The van der Waals surface area contributed by atoms with E-state index in [-0.39, 0.29) is 0 Å². The molecule has 1 aliphatic carbocycles. The van der Waals surface area contributed by atoms with Gasteiger partial charge >= 0.3 is 0 Å². The highest BCUT2D eigenvalue weighted by atomic mass is 35.5. The molecule has 4 heteroatoms. The van der Waals surface area contributed by atoms with Crippen molar-refractivity contribution in [2.45, 2.75) is 38.5 Å². The fourth-order valence-corrected chi connectivity index (χ4v) is 3.52. The third kappa shape index (κ3) is 2.43. The average molecular weight is 279 g/mol. The summed E-state index contributed by atoms with van der Waals surface area (Å²) in [6.45, 7) is 2.09. The van der Waals surface area contributed by atoms with Gasteiger partial charge in [0.15, 0.2) is 5.82 Å². The lowest BCUT2D eigenvalue weighted by atomic mass is 10.0. The number of thiophene rings is 1. The fraction of sp³-hybridized carbons (Fsp3) is 0.429. The number of nitrogens with zero attached hydrogens (tertiary/aromatic N) is 2. The van der Waals surface area contributed by atoms with E-state index < -0.39 is 0 Å². The molecule has 3 rings (SSSR count). The first-order valence-corrected chi connectivity index (χ1v) is 7.53. The molecule has 1 fully saturated rings. The molecule has 18 heavy (non-hydrogen) atoms. The molecule has 2 aromatic heterocycles. The molecule has 2 nitrogen and oxygen atoms in total. The Labute approximate surface area is 116 Å². The van der Waals surface area contributed by atoms with Crippen LogP contribution in [0.1, 0.15) is 42.2 Å². The van der Waals surface area contributed by atoms with E-state index in [2.05, 4.69) is 24.0 Å². The zero-order valence-electron chi connectivity index (χ0n) is 10.3. The summed E-state index contributed by atoms with van der Waals surface area (Å²) in [6, 6.07) is 6.10. The minimum absolute atomic E-state index is 0.563. The number of aryl methyl sites for hydroxylation is 1. The second kappa shape index (κ2) is 4.98. The lowest BCUT2D eigenvalue weighted by Gasteiger charge is -2.09. The Hall–Kier alpha value is -0.930. The molecule has 2 heterocycles. The van der Waals surface area contributed by atoms with Gasteiger partial charge in [0.25, 0.3) is 0 Å². The molecule has 0 amide bonds. The third-order valence-corrected chi connectivity index (χ3v) is 4.64. The van der Waals surface area contributed by atoms with Crippen LogP contribution in [-0.4, -0.2) is 9.97 Å². The highest BCUT2D eigenvalue weighted by Crippen LogP contribution is 2.35. The van der Waals surface area contributed by atoms with Gasteiger partial charge in [-0.2, -0.15) is 0 Å². The maximum atomic E-state index is 6.14. The van der Waals surface area contributed by atoms with Crippen molar-refractivity contribution in [1.29, 1.82) is 0 Å². The normalized spacial score (nSPS) is 16.3. The first kappa shape index (κ1) is 12.1. The van der Waals surface area contributed by atoms with Crippen LogP contribution in [0.4, 0.5) is 0 Å². The van der Waals surface area contributed by atoms with Crippen molar-refractivity contribution < 1.29 is 0 Å². The molecule has 0 atom stereocenters. The molecule has 0 unspecified atom stereocenters. The van der Waals surface area contributed by atoms with Gasteiger partial charge in [0.2, 0.25) is 0 Å². The van der Waals surface area contributed by atoms with Crippen LogP contribution >= 0.6 is 22.9 Å². The topological polar surface area (TPSA) is 25.8 Å². The molecular formula is C14H15ClN2S. The van der Waals surface area contributed by atoms with Crippen molar-refractivity contribution in [3.63, 3.8) is 0 Å². The number of hydrogen-bond acceptors (Lipinski definition) is 3. The fourth-order valence-electron chi connectivity index (χ4n) is 2.53. The number of aromatic nitrogens is 2. The van der Waals surface area contributed by atoms with Gasteiger partial charge in [0.1, 0.15) is 5.15 Å². The van der Waals surface area contributed by atoms with E-state index in [0.717, 1.165) is 16.4 Å². The minimum atomic E-state index is 0.563. The van der Waals surface area contributed by atoms with Gasteiger partial charge in [0, 0.05) is 16.5 Å². The van der Waals surface area contributed by atoms with Gasteiger partial charge in [-0.1, -0.05) is 24.4 Å². The molecule has 0 spiro atoms. The Bertz CT molecular complexity index is 559. The molecule has 0 bridgehead atoms. The van der Waals surface area contributed by atoms with Crippen LogP contribution in [0.15, 0.2) is 18.2 Å². The molecule has 94 valence electrons. The van der Waals surface area contributed by atoms with Gasteiger partial charge in [0.05, 0.1) is 4.88 Å². The molecule has 1 aliphatic rings. The second-order valence-corrected chi connectivity index (χ2v) is 6.51. The number of rotatable bonds is 2. The van der Waals surface area contributed by atoms with Gasteiger partial charge in [-0.25, -0.2) is 9.97 Å². The molecule has 0 saturated heterocycles. The summed E-state index contributed by atoms with van der Waals surface area (Å²) in [5.74, 6) is 1.35. The predicted molar refractivity (Wildman–Crippen MR) is 76.3 cm³/mol. The summed E-state index contributed by atoms with van der Waals surface area (Å²) in [7, 11) is 0. The van der Waals surface area contributed by atoms with E-state index in [1.54, 1.807) is 11.3 Å². The third-order valence-electron chi connectivity index (χ3n) is 3.45. The van der Waals surface area contributed by atoms with Crippen molar-refractivity contribution in [3.8, 4) is 10.7 Å². The van der Waals surface area contributed by atoms with Crippen molar-refractivity contribution in [3.05, 3.63) is 33.9 Å². The van der Waals surface area contributed by atoms with Gasteiger partial charge in [-0.3, -0.25) is 0 Å². The van der Waals surface area contributed by atoms with E-state index in [1.807, 2.05) is 6.07 Å². The second-order valence-electron chi connectivity index (χ2n) is 4.83. The quantitative estimate of drug-likeness (QED) is 0.736. The Kier molecular flexibility index (Phi) is 3.35. The Morgan fingerprint density at radius 2 is 2.00 bits per heavy atom. The molecule has 2 aromatic rings. The Morgan fingerprint density at radius 1 is 1.22 bits per heavy atom. The number of hydrogen-bond donors (Lipinski definition) is 0. The zero-order chi connectivity index (χ0) is 12.5. The largest absolute Gasteiger partial charge is 0.232 e. The summed E-state index contributed by atoms with van der Waals surface area (Å²) < 4.78 is 0. The van der Waals surface area contributed by atoms with Crippen molar-refractivity contribution in [2.24, 2.45) is 0 Å². The lowest BCUT2D eigenvalue weighted by Crippen LogP contribution is -1.99. The van der Waals surface area contributed by atoms with Crippen LogP contribution in [0, 0.1) is 6.92 Å². The van der Waals surface area contributed by atoms with Gasteiger partial charge in [-0.15, -0.1) is 11.3 Å². The van der Waals surface area contributed by atoms with Crippen LogP contribution in [0.25, 0.3) is 10.7 Å². The Balaban J connectivity index is 1.99. The highest BCUT2D eigenvalue weighted by Gasteiger charge is 2.20. The number of halogens is 1. The molecule has 0 N–H and O–H groups in total. The predicted octanol–water partition coefficient (Wildman–Crippen LogP) is 4.82. The van der Waals surface area contributed by atoms with Crippen LogP contribution < -0.4 is 0 Å². The molecule has 1 saturated carbocycles. The van der Waals surface area contributed by atoms with Gasteiger partial charge < -0.3 is 0 Å². The van der Waals surface area contributed by atoms with Crippen molar-refractivity contribution in [2.75, 3.05) is 0 Å². The van der Waals surface area contributed by atoms with E-state index in [9.17, 15) is 0 Å². The van der Waals surface area contributed by atoms with Crippen molar-refractivity contribution in [1.82, 2.24) is 9.97 Å². The smallest absolute Gasteiger partial charge is 0.171 e. The summed E-state index contributed by atoms with van der Waals surface area (Å²) in [5.41, 5.74) is 1.12. The first-order valence-electron chi connectivity index (χ1n) is 6.33. The summed E-state index contributed by atoms with van der Waals surface area (Å²) in [5, 5.41) is 0.563. The van der Waals surface area contributed by atoms with Crippen LogP contribution in [0.3, 0.4) is 0 Å². The average Bonchev–Trinajstić information content (AvgIpc) is 2.98. The van der Waals surface area contributed by atoms with Gasteiger partial charge in [-0.05, 0) is 38.0 Å². The highest BCUT2D eigenvalue weighted by molar-refractivity contribution is 7.15. The van der Waals surface area contributed by atoms with Crippen LogP contribution in [0.2, 0.25) is 5.15 Å². The molecule has 0 radical (unpaired) electrons. The molecule has 0 aliphatic heterocycles. The van der Waals surface area contributed by atoms with E-state index in [4.69, 9.17) is 16.6 Å². The lowest BCUT2D eigenvalue weighted by molar-refractivity contribution is 0.695. The van der Waals surface area contributed by atoms with Crippen LogP contribution in [-0.2, 0) is 0 Å². The molecular weight excluding hydrogens is 264 g/mol. The van der Waals surface area contributed by atoms with E-state index >= 15 is 0 Å². The Morgan fingerprint density at radius 3 is 2.67 bits per heavy atom. The minimum Gasteiger partial charge on any atom is -0.232 e. The van der Waals surface area contributed by atoms with E-state index in [0.29, 0.717) is 11.1 Å².